The molecular formula is C14H15N5O2. The first-order valence-corrected chi connectivity index (χ1v) is 6.67. The van der Waals surface area contributed by atoms with Gasteiger partial charge in [0.1, 0.15) is 6.20 Å². The highest BCUT2D eigenvalue weighted by molar-refractivity contribution is 5.53. The Hall–Kier alpha value is -2.70. The van der Waals surface area contributed by atoms with Crippen LogP contribution in [0.2, 0.25) is 0 Å². The quantitative estimate of drug-likeness (QED) is 0.643. The molecule has 1 aliphatic rings. The number of nitro groups is 1. The van der Waals surface area contributed by atoms with Gasteiger partial charge in [0, 0.05) is 12.0 Å². The molecule has 3 N–H and O–H groups in total. The van der Waals surface area contributed by atoms with Gasteiger partial charge in [-0.25, -0.2) is 4.98 Å². The van der Waals surface area contributed by atoms with E-state index >= 15 is 0 Å². The summed E-state index contributed by atoms with van der Waals surface area (Å²) in [5, 5.41) is 13.8. The van der Waals surface area contributed by atoms with Gasteiger partial charge in [0.15, 0.2) is 0 Å². The zero-order valence-electron chi connectivity index (χ0n) is 11.3. The molecule has 0 amide bonds. The summed E-state index contributed by atoms with van der Waals surface area (Å²) in [4.78, 5) is 18.0. The van der Waals surface area contributed by atoms with Crippen molar-refractivity contribution in [3.63, 3.8) is 0 Å². The van der Waals surface area contributed by atoms with E-state index in [1.165, 1.54) is 5.56 Å². The molecule has 0 spiro atoms. The van der Waals surface area contributed by atoms with Gasteiger partial charge >= 0.3 is 5.69 Å². The second kappa shape index (κ2) is 5.01. The van der Waals surface area contributed by atoms with Crippen LogP contribution in [0.5, 0.6) is 0 Å². The topological polar surface area (TPSA) is 107 Å². The van der Waals surface area contributed by atoms with Crippen molar-refractivity contribution in [1.82, 2.24) is 9.97 Å². The lowest BCUT2D eigenvalue weighted by Gasteiger charge is -2.16. The summed E-state index contributed by atoms with van der Waals surface area (Å²) in [5.41, 5.74) is 6.68. The maximum absolute atomic E-state index is 10.7. The van der Waals surface area contributed by atoms with E-state index in [1.807, 2.05) is 18.2 Å². The molecule has 0 unspecified atom stereocenters. The maximum atomic E-state index is 10.7. The van der Waals surface area contributed by atoms with Gasteiger partial charge in [0.2, 0.25) is 11.8 Å². The lowest BCUT2D eigenvalue weighted by atomic mass is 9.96. The van der Waals surface area contributed by atoms with Crippen LogP contribution >= 0.6 is 0 Å². The number of nitrogen functional groups attached to an aromatic ring is 1. The van der Waals surface area contributed by atoms with Crippen LogP contribution in [0.3, 0.4) is 0 Å². The number of anilines is 2. The van der Waals surface area contributed by atoms with Crippen LogP contribution in [0.25, 0.3) is 0 Å². The highest BCUT2D eigenvalue weighted by Gasteiger charge is 2.44. The lowest BCUT2D eigenvalue weighted by molar-refractivity contribution is -0.384. The molecule has 3 rings (SSSR count). The molecule has 0 radical (unpaired) electrons. The van der Waals surface area contributed by atoms with Gasteiger partial charge in [0.25, 0.3) is 0 Å². The van der Waals surface area contributed by atoms with Crippen molar-refractivity contribution in [3.8, 4) is 0 Å². The molecule has 21 heavy (non-hydrogen) atoms. The molecule has 1 fully saturated rings. The van der Waals surface area contributed by atoms with Crippen molar-refractivity contribution in [3.05, 3.63) is 52.2 Å². The molecule has 1 heterocycles. The SMILES string of the molecule is Nc1nc(NCC2(c3ccccc3)CC2)ncc1[N+](=O)[O-]. The molecule has 0 bridgehead atoms. The zero-order chi connectivity index (χ0) is 14.9. The Kier molecular flexibility index (Phi) is 3.17. The number of nitrogens with two attached hydrogens (primary N) is 1. The van der Waals surface area contributed by atoms with Crippen LogP contribution in [0, 0.1) is 10.1 Å². The zero-order valence-corrected chi connectivity index (χ0v) is 11.3. The minimum absolute atomic E-state index is 0.112. The molecule has 1 aliphatic carbocycles. The third-order valence-electron chi connectivity index (χ3n) is 3.82. The van der Waals surface area contributed by atoms with Gasteiger partial charge in [-0.15, -0.1) is 0 Å². The second-order valence-electron chi connectivity index (χ2n) is 5.22. The summed E-state index contributed by atoms with van der Waals surface area (Å²) in [6.07, 6.45) is 3.34. The van der Waals surface area contributed by atoms with Crippen LogP contribution in [0.15, 0.2) is 36.5 Å². The fraction of sp³-hybridized carbons (Fsp3) is 0.286. The standard InChI is InChI=1S/C14H15N5O2/c15-12-11(19(20)21)8-16-13(18-12)17-9-14(6-7-14)10-4-2-1-3-5-10/h1-5,8H,6-7,9H2,(H3,15,16,17,18). The Morgan fingerprint density at radius 1 is 1.33 bits per heavy atom. The Labute approximate surface area is 121 Å². The monoisotopic (exact) mass is 285 g/mol. The predicted molar refractivity (Wildman–Crippen MR) is 78.9 cm³/mol. The van der Waals surface area contributed by atoms with Crippen LogP contribution in [-0.4, -0.2) is 21.4 Å². The Morgan fingerprint density at radius 3 is 2.62 bits per heavy atom. The van der Waals surface area contributed by atoms with Crippen LogP contribution in [0.4, 0.5) is 17.5 Å². The summed E-state index contributed by atoms with van der Waals surface area (Å²) < 4.78 is 0. The van der Waals surface area contributed by atoms with E-state index in [9.17, 15) is 10.1 Å². The average Bonchev–Trinajstić information content (AvgIpc) is 3.27. The molecule has 0 aliphatic heterocycles. The molecule has 7 heteroatoms. The van der Waals surface area contributed by atoms with Crippen molar-refractivity contribution in [2.24, 2.45) is 0 Å². The van der Waals surface area contributed by atoms with E-state index in [-0.39, 0.29) is 16.9 Å². The van der Waals surface area contributed by atoms with Gasteiger partial charge in [-0.3, -0.25) is 10.1 Å². The minimum Gasteiger partial charge on any atom is -0.378 e. The van der Waals surface area contributed by atoms with Gasteiger partial charge in [-0.1, -0.05) is 30.3 Å². The minimum atomic E-state index is -0.592. The molecule has 2 aromatic rings. The number of aromatic nitrogens is 2. The third-order valence-corrected chi connectivity index (χ3v) is 3.82. The van der Waals surface area contributed by atoms with Gasteiger partial charge < -0.3 is 11.1 Å². The second-order valence-corrected chi connectivity index (χ2v) is 5.22. The molecular weight excluding hydrogens is 270 g/mol. The Bertz CT molecular complexity index is 670. The summed E-state index contributed by atoms with van der Waals surface area (Å²) in [6.45, 7) is 0.689. The van der Waals surface area contributed by atoms with E-state index in [2.05, 4.69) is 27.4 Å². The number of nitrogens with one attached hydrogen (secondary N) is 1. The first-order chi connectivity index (χ1) is 10.1. The van der Waals surface area contributed by atoms with Crippen molar-refractivity contribution < 1.29 is 4.92 Å². The van der Waals surface area contributed by atoms with Crippen molar-refractivity contribution in [2.75, 3.05) is 17.6 Å². The third kappa shape index (κ3) is 2.62. The smallest absolute Gasteiger partial charge is 0.329 e. The molecule has 1 saturated carbocycles. The van der Waals surface area contributed by atoms with Crippen LogP contribution in [-0.2, 0) is 5.41 Å². The predicted octanol–water partition coefficient (Wildman–Crippen LogP) is 2.11. The Morgan fingerprint density at radius 2 is 2.05 bits per heavy atom. The van der Waals surface area contributed by atoms with E-state index in [1.54, 1.807) is 0 Å². The number of hydrogen-bond donors (Lipinski definition) is 2. The first kappa shape index (κ1) is 13.3. The van der Waals surface area contributed by atoms with Gasteiger partial charge in [0.05, 0.1) is 4.92 Å². The molecule has 0 atom stereocenters. The normalized spacial score (nSPS) is 15.4. The van der Waals surface area contributed by atoms with E-state index in [4.69, 9.17) is 5.73 Å². The van der Waals surface area contributed by atoms with Gasteiger partial charge in [-0.05, 0) is 18.4 Å². The highest BCUT2D eigenvalue weighted by Crippen LogP contribution is 2.47. The highest BCUT2D eigenvalue weighted by atomic mass is 16.6. The van der Waals surface area contributed by atoms with Crippen LogP contribution < -0.4 is 11.1 Å². The summed E-state index contributed by atoms with van der Waals surface area (Å²) in [5.74, 6) is 0.197. The first-order valence-electron chi connectivity index (χ1n) is 6.67. The van der Waals surface area contributed by atoms with Crippen molar-refractivity contribution >= 4 is 17.5 Å². The molecule has 1 aromatic carbocycles. The summed E-state index contributed by atoms with van der Waals surface area (Å²) >= 11 is 0. The fourth-order valence-corrected chi connectivity index (χ4v) is 2.37. The molecule has 0 saturated heterocycles. The number of hydrogen-bond acceptors (Lipinski definition) is 6. The molecule has 7 nitrogen and oxygen atoms in total. The Balaban J connectivity index is 1.71. The number of nitrogens with zero attached hydrogens (tertiary/aromatic N) is 3. The van der Waals surface area contributed by atoms with E-state index in [0.29, 0.717) is 12.5 Å². The lowest BCUT2D eigenvalue weighted by Crippen LogP contribution is -2.20. The van der Waals surface area contributed by atoms with Crippen LogP contribution in [0.1, 0.15) is 18.4 Å². The summed E-state index contributed by atoms with van der Waals surface area (Å²) in [7, 11) is 0. The molecule has 1 aromatic heterocycles. The number of benzene rings is 1. The van der Waals surface area contributed by atoms with E-state index in [0.717, 1.165) is 19.0 Å². The average molecular weight is 285 g/mol. The largest absolute Gasteiger partial charge is 0.378 e. The fourth-order valence-electron chi connectivity index (χ4n) is 2.37. The van der Waals surface area contributed by atoms with E-state index < -0.39 is 4.92 Å². The van der Waals surface area contributed by atoms with Crippen molar-refractivity contribution in [1.29, 1.82) is 0 Å². The van der Waals surface area contributed by atoms with Gasteiger partial charge in [-0.2, -0.15) is 4.98 Å². The summed E-state index contributed by atoms with van der Waals surface area (Å²) in [6, 6.07) is 10.3. The number of rotatable bonds is 5. The maximum Gasteiger partial charge on any atom is 0.329 e. The molecule has 108 valence electrons. The van der Waals surface area contributed by atoms with Crippen molar-refractivity contribution in [2.45, 2.75) is 18.3 Å².